The van der Waals surface area contributed by atoms with Crippen LogP contribution < -0.4 is 11.2 Å². The molecule has 7 heteroatoms. The Labute approximate surface area is 96.3 Å². The minimum Gasteiger partial charge on any atom is -0.394 e. The summed E-state index contributed by atoms with van der Waals surface area (Å²) >= 11 is 0. The predicted octanol–water partition coefficient (Wildman–Crippen LogP) is -1.51. The second-order valence-corrected chi connectivity index (χ2v) is 4.07. The summed E-state index contributed by atoms with van der Waals surface area (Å²) in [6.45, 7) is 1.22. The highest BCUT2D eigenvalue weighted by molar-refractivity contribution is 5.02. The zero-order chi connectivity index (χ0) is 12.6. The van der Waals surface area contributed by atoms with E-state index in [0.29, 0.717) is 5.56 Å². The van der Waals surface area contributed by atoms with Crippen LogP contribution in [0.2, 0.25) is 0 Å². The molecule has 2 heterocycles. The lowest BCUT2D eigenvalue weighted by Crippen LogP contribution is -2.39. The highest BCUT2D eigenvalue weighted by Crippen LogP contribution is 2.26. The van der Waals surface area contributed by atoms with Gasteiger partial charge in [-0.25, -0.2) is 9.36 Å². The van der Waals surface area contributed by atoms with Crippen molar-refractivity contribution >= 4 is 0 Å². The van der Waals surface area contributed by atoms with E-state index >= 15 is 0 Å². The number of hydrogen-bond donors (Lipinski definition) is 3. The molecule has 2 rings (SSSR count). The van der Waals surface area contributed by atoms with Crippen molar-refractivity contribution in [3.05, 3.63) is 32.6 Å². The minimum atomic E-state index is -0.878. The van der Waals surface area contributed by atoms with Crippen molar-refractivity contribution in [1.82, 2.24) is 9.55 Å². The standard InChI is InChI=1S/C10H14N2O5/c1-5-3-11-10(16)12(9(5)15)8-2-6(14)7(4-13)17-8/h3,6-8,13-14H,2,4H2,1H3,(H,11,16)/t6-,7+,8?/m0/s1. The molecule has 0 radical (unpaired) electrons. The van der Waals surface area contributed by atoms with Crippen molar-refractivity contribution in [2.75, 3.05) is 6.61 Å². The molecule has 0 bridgehead atoms. The van der Waals surface area contributed by atoms with Gasteiger partial charge in [0.05, 0.1) is 12.7 Å². The quantitative estimate of drug-likeness (QED) is 0.584. The molecule has 0 spiro atoms. The van der Waals surface area contributed by atoms with Gasteiger partial charge in [-0.1, -0.05) is 0 Å². The Morgan fingerprint density at radius 1 is 1.59 bits per heavy atom. The van der Waals surface area contributed by atoms with Crippen molar-refractivity contribution in [2.45, 2.75) is 31.8 Å². The number of aryl methyl sites for hydroxylation is 1. The average Bonchev–Trinajstić information content (AvgIpc) is 2.65. The molecule has 7 nitrogen and oxygen atoms in total. The van der Waals surface area contributed by atoms with Crippen LogP contribution >= 0.6 is 0 Å². The predicted molar refractivity (Wildman–Crippen MR) is 57.7 cm³/mol. The van der Waals surface area contributed by atoms with Crippen molar-refractivity contribution < 1.29 is 14.9 Å². The number of ether oxygens (including phenoxy) is 1. The second kappa shape index (κ2) is 4.44. The largest absolute Gasteiger partial charge is 0.394 e. The number of aliphatic hydroxyl groups is 2. The van der Waals surface area contributed by atoms with Gasteiger partial charge in [0.1, 0.15) is 12.3 Å². The topological polar surface area (TPSA) is 105 Å². The van der Waals surface area contributed by atoms with Gasteiger partial charge in [-0.05, 0) is 6.92 Å². The Balaban J connectivity index is 2.40. The van der Waals surface area contributed by atoms with Crippen molar-refractivity contribution in [3.8, 4) is 0 Å². The van der Waals surface area contributed by atoms with E-state index in [-0.39, 0.29) is 13.0 Å². The molecule has 1 saturated heterocycles. The van der Waals surface area contributed by atoms with Gasteiger partial charge in [0.2, 0.25) is 0 Å². The summed E-state index contributed by atoms with van der Waals surface area (Å²) in [5.74, 6) is 0. The van der Waals surface area contributed by atoms with Crippen molar-refractivity contribution in [2.24, 2.45) is 0 Å². The van der Waals surface area contributed by atoms with Crippen LogP contribution in [0.3, 0.4) is 0 Å². The van der Waals surface area contributed by atoms with Crippen molar-refractivity contribution in [1.29, 1.82) is 0 Å². The molecule has 1 aromatic heterocycles. The number of hydrogen-bond acceptors (Lipinski definition) is 5. The number of nitrogens with zero attached hydrogens (tertiary/aromatic N) is 1. The third-order valence-electron chi connectivity index (χ3n) is 2.86. The van der Waals surface area contributed by atoms with Gasteiger partial charge in [0, 0.05) is 18.2 Å². The average molecular weight is 242 g/mol. The summed E-state index contributed by atoms with van der Waals surface area (Å²) in [5, 5.41) is 18.5. The van der Waals surface area contributed by atoms with Gasteiger partial charge in [0.15, 0.2) is 0 Å². The summed E-state index contributed by atoms with van der Waals surface area (Å²) in [6.07, 6.45) is -1.03. The third kappa shape index (κ3) is 2.04. The van der Waals surface area contributed by atoms with E-state index in [1.165, 1.54) is 6.20 Å². The first-order valence-corrected chi connectivity index (χ1v) is 5.29. The molecule has 17 heavy (non-hydrogen) atoms. The molecule has 3 N–H and O–H groups in total. The lowest BCUT2D eigenvalue weighted by Gasteiger charge is -2.13. The van der Waals surface area contributed by atoms with E-state index in [4.69, 9.17) is 9.84 Å². The van der Waals surface area contributed by atoms with E-state index in [1.54, 1.807) is 6.92 Å². The summed E-state index contributed by atoms with van der Waals surface area (Å²) in [7, 11) is 0. The van der Waals surface area contributed by atoms with Crippen LogP contribution in [0.1, 0.15) is 18.2 Å². The molecule has 0 saturated carbocycles. The SMILES string of the molecule is Cc1c[nH]c(=O)n(C2C[C@H](O)[C@@H](CO)O2)c1=O. The monoisotopic (exact) mass is 242 g/mol. The Hall–Kier alpha value is -1.44. The molecular formula is C10H14N2O5. The van der Waals surface area contributed by atoms with E-state index < -0.39 is 29.7 Å². The van der Waals surface area contributed by atoms with E-state index in [9.17, 15) is 14.7 Å². The van der Waals surface area contributed by atoms with E-state index in [0.717, 1.165) is 4.57 Å². The molecule has 1 aliphatic heterocycles. The van der Waals surface area contributed by atoms with Crippen LogP contribution in [-0.4, -0.2) is 38.6 Å². The first-order chi connectivity index (χ1) is 8.04. The van der Waals surface area contributed by atoms with Gasteiger partial charge < -0.3 is 19.9 Å². The van der Waals surface area contributed by atoms with Crippen LogP contribution in [0, 0.1) is 6.92 Å². The Morgan fingerprint density at radius 3 is 2.88 bits per heavy atom. The smallest absolute Gasteiger partial charge is 0.330 e. The summed E-state index contributed by atoms with van der Waals surface area (Å²) < 4.78 is 6.19. The molecule has 3 atom stereocenters. The third-order valence-corrected chi connectivity index (χ3v) is 2.86. The minimum absolute atomic E-state index is 0.109. The van der Waals surface area contributed by atoms with Crippen LogP contribution in [0.15, 0.2) is 15.8 Å². The normalized spacial score (nSPS) is 28.5. The number of aliphatic hydroxyl groups excluding tert-OH is 2. The van der Waals surface area contributed by atoms with Crippen molar-refractivity contribution in [3.63, 3.8) is 0 Å². The first kappa shape index (κ1) is 12.0. The zero-order valence-electron chi connectivity index (χ0n) is 9.29. The van der Waals surface area contributed by atoms with Gasteiger partial charge in [-0.3, -0.25) is 4.79 Å². The summed E-state index contributed by atoms with van der Waals surface area (Å²) in [4.78, 5) is 25.8. The van der Waals surface area contributed by atoms with Crippen LogP contribution in [0.5, 0.6) is 0 Å². The maximum Gasteiger partial charge on any atom is 0.330 e. The molecule has 0 amide bonds. The maximum atomic E-state index is 11.8. The zero-order valence-corrected chi connectivity index (χ0v) is 9.29. The number of nitrogens with one attached hydrogen (secondary N) is 1. The van der Waals surface area contributed by atoms with Gasteiger partial charge in [-0.2, -0.15) is 0 Å². The molecule has 1 aromatic rings. The second-order valence-electron chi connectivity index (χ2n) is 4.07. The fourth-order valence-electron chi connectivity index (χ4n) is 1.88. The van der Waals surface area contributed by atoms with Gasteiger partial charge in [-0.15, -0.1) is 0 Å². The molecule has 0 aromatic carbocycles. The fraction of sp³-hybridized carbons (Fsp3) is 0.600. The number of aromatic amines is 1. The van der Waals surface area contributed by atoms with Crippen LogP contribution in [0.25, 0.3) is 0 Å². The highest BCUT2D eigenvalue weighted by atomic mass is 16.5. The summed E-state index contributed by atoms with van der Waals surface area (Å²) in [5.41, 5.74) is -0.656. The Bertz CT molecular complexity index is 520. The number of H-pyrrole nitrogens is 1. The molecule has 1 fully saturated rings. The lowest BCUT2D eigenvalue weighted by atomic mass is 10.2. The van der Waals surface area contributed by atoms with Crippen LogP contribution in [-0.2, 0) is 4.74 Å². The van der Waals surface area contributed by atoms with Crippen LogP contribution in [0.4, 0.5) is 0 Å². The van der Waals surface area contributed by atoms with E-state index in [1.807, 2.05) is 0 Å². The van der Waals surface area contributed by atoms with Gasteiger partial charge >= 0.3 is 5.69 Å². The summed E-state index contributed by atoms with van der Waals surface area (Å²) in [6, 6.07) is 0. The highest BCUT2D eigenvalue weighted by Gasteiger charge is 2.35. The number of rotatable bonds is 2. The molecular weight excluding hydrogens is 228 g/mol. The molecule has 1 aliphatic rings. The van der Waals surface area contributed by atoms with Gasteiger partial charge in [0.25, 0.3) is 5.56 Å². The Kier molecular flexibility index (Phi) is 3.14. The maximum absolute atomic E-state index is 11.8. The first-order valence-electron chi connectivity index (χ1n) is 5.29. The number of aromatic nitrogens is 2. The molecule has 94 valence electrons. The molecule has 0 aliphatic carbocycles. The molecule has 1 unspecified atom stereocenters. The van der Waals surface area contributed by atoms with E-state index in [2.05, 4.69) is 4.98 Å². The fourth-order valence-corrected chi connectivity index (χ4v) is 1.88. The lowest BCUT2D eigenvalue weighted by molar-refractivity contribution is -0.0469. The Morgan fingerprint density at radius 2 is 2.29 bits per heavy atom.